The van der Waals surface area contributed by atoms with Crippen LogP contribution in [0.5, 0.6) is 0 Å². The molecule has 0 spiro atoms. The first-order valence-corrected chi connectivity index (χ1v) is 12.7. The highest BCUT2D eigenvalue weighted by Gasteiger charge is 2.52. The lowest BCUT2D eigenvalue weighted by Gasteiger charge is -2.32. The highest BCUT2D eigenvalue weighted by Crippen LogP contribution is 2.37. The molecule has 2 saturated heterocycles. The van der Waals surface area contributed by atoms with Crippen LogP contribution in [-0.2, 0) is 28.2 Å². The zero-order valence-electron chi connectivity index (χ0n) is 21.8. The molecule has 3 heterocycles. The van der Waals surface area contributed by atoms with E-state index in [9.17, 15) is 9.59 Å². The third-order valence-corrected chi connectivity index (χ3v) is 7.65. The minimum absolute atomic E-state index is 0.0814. The summed E-state index contributed by atoms with van der Waals surface area (Å²) in [7, 11) is -1.86. The fourth-order valence-electron chi connectivity index (χ4n) is 4.96. The Morgan fingerprint density at radius 2 is 1.21 bits per heavy atom. The second kappa shape index (κ2) is 9.08. The van der Waals surface area contributed by atoms with Crippen molar-refractivity contribution in [2.75, 3.05) is 23.5 Å². The number of hydrogen-bond donors (Lipinski definition) is 3. The van der Waals surface area contributed by atoms with Crippen LogP contribution in [0.1, 0.15) is 27.7 Å². The van der Waals surface area contributed by atoms with E-state index in [0.29, 0.717) is 5.46 Å². The minimum Gasteiger partial charge on any atom is -0.494 e. The molecule has 0 amide bonds. The second-order valence-electron chi connectivity index (χ2n) is 10.9. The smallest absolute Gasteiger partial charge is 0.494 e. The molecule has 38 heavy (non-hydrogen) atoms. The monoisotopic (exact) mass is 511 g/mol. The van der Waals surface area contributed by atoms with Crippen LogP contribution >= 0.6 is 0 Å². The molecule has 0 unspecified atom stereocenters. The Bertz CT molecular complexity index is 1370. The first-order valence-electron chi connectivity index (χ1n) is 12.7. The van der Waals surface area contributed by atoms with E-state index in [2.05, 4.69) is 27.9 Å². The van der Waals surface area contributed by atoms with Gasteiger partial charge in [0.15, 0.2) is 0 Å². The summed E-state index contributed by atoms with van der Waals surface area (Å²) in [5, 5.41) is 12.1. The maximum absolute atomic E-state index is 12.3. The van der Waals surface area contributed by atoms with Gasteiger partial charge in [0.2, 0.25) is 0 Å². The van der Waals surface area contributed by atoms with Gasteiger partial charge in [0.25, 0.3) is 0 Å². The van der Waals surface area contributed by atoms with Crippen molar-refractivity contribution in [1.29, 1.82) is 0 Å². The Morgan fingerprint density at radius 3 is 1.76 bits per heavy atom. The average Bonchev–Trinajstić information content (AvgIpc) is 3.09. The van der Waals surface area contributed by atoms with Crippen molar-refractivity contribution in [1.82, 2.24) is 5.32 Å². The number of benzene rings is 3. The quantitative estimate of drug-likeness (QED) is 0.440. The molecule has 12 heteroatoms. The molecule has 192 valence electrons. The van der Waals surface area contributed by atoms with Gasteiger partial charge in [-0.1, -0.05) is 42.5 Å². The van der Waals surface area contributed by atoms with Crippen LogP contribution < -0.4 is 32.2 Å². The van der Waals surface area contributed by atoms with Gasteiger partial charge in [-0.25, -0.2) is 0 Å². The number of rotatable bonds is 3. The molecule has 0 atom stereocenters. The van der Waals surface area contributed by atoms with Gasteiger partial charge in [0, 0.05) is 22.2 Å². The summed E-state index contributed by atoms with van der Waals surface area (Å²) in [6.45, 7) is 7.48. The molecular weight excluding hydrogens is 483 g/mol. The topological polar surface area (TPSA) is 107 Å². The van der Waals surface area contributed by atoms with Gasteiger partial charge in [-0.2, -0.15) is 0 Å². The van der Waals surface area contributed by atoms with E-state index in [1.54, 1.807) is 0 Å². The molecule has 6 rings (SSSR count). The number of carbonyl (C=O) groups is 2. The SMILES string of the molecule is CC1(C)OB(c2cc(B3Nc4cccc5cccc(c45)N3)cc(B3OC(=O)CNCC(=O)O3)c2)OC1(C)C. The maximum atomic E-state index is 12.3. The van der Waals surface area contributed by atoms with E-state index < -0.39 is 37.4 Å². The molecule has 2 fully saturated rings. The maximum Gasteiger partial charge on any atom is 0.636 e. The second-order valence-corrected chi connectivity index (χ2v) is 10.9. The van der Waals surface area contributed by atoms with Crippen molar-refractivity contribution >= 4 is 71.7 Å². The van der Waals surface area contributed by atoms with Gasteiger partial charge in [0.1, 0.15) is 0 Å². The van der Waals surface area contributed by atoms with Crippen molar-refractivity contribution in [3.8, 4) is 0 Å². The third-order valence-electron chi connectivity index (χ3n) is 7.65. The molecule has 3 aliphatic rings. The predicted octanol–water partition coefficient (Wildman–Crippen LogP) is 0.757. The van der Waals surface area contributed by atoms with Crippen molar-refractivity contribution in [3.05, 3.63) is 54.6 Å². The Balaban J connectivity index is 1.42. The molecule has 0 aromatic heterocycles. The molecule has 0 bridgehead atoms. The fourth-order valence-corrected chi connectivity index (χ4v) is 4.96. The highest BCUT2D eigenvalue weighted by molar-refractivity contribution is 6.81. The predicted molar refractivity (Wildman–Crippen MR) is 149 cm³/mol. The zero-order valence-corrected chi connectivity index (χ0v) is 21.8. The molecule has 0 radical (unpaired) electrons. The van der Waals surface area contributed by atoms with Crippen LogP contribution in [0.25, 0.3) is 10.8 Å². The third kappa shape index (κ3) is 4.42. The Labute approximate surface area is 222 Å². The van der Waals surface area contributed by atoms with Crippen LogP contribution in [0, 0.1) is 0 Å². The lowest BCUT2D eigenvalue weighted by atomic mass is 9.60. The van der Waals surface area contributed by atoms with Crippen LogP contribution in [0.3, 0.4) is 0 Å². The lowest BCUT2D eigenvalue weighted by molar-refractivity contribution is -0.141. The molecule has 0 saturated carbocycles. The minimum atomic E-state index is -1.20. The summed E-state index contributed by atoms with van der Waals surface area (Å²) in [6.07, 6.45) is 0. The van der Waals surface area contributed by atoms with Crippen LogP contribution in [-0.4, -0.2) is 57.4 Å². The molecule has 3 N–H and O–H groups in total. The van der Waals surface area contributed by atoms with E-state index in [4.69, 9.17) is 18.6 Å². The fraction of sp³-hybridized carbons (Fsp3) is 0.308. The summed E-state index contributed by atoms with van der Waals surface area (Å²) >= 11 is 0. The normalized spacial score (nSPS) is 20.3. The molecule has 0 aliphatic carbocycles. The highest BCUT2D eigenvalue weighted by atomic mass is 16.7. The van der Waals surface area contributed by atoms with Gasteiger partial charge in [-0.3, -0.25) is 14.9 Å². The molecule has 3 aliphatic heterocycles. The van der Waals surface area contributed by atoms with E-state index in [-0.39, 0.29) is 20.1 Å². The largest absolute Gasteiger partial charge is 0.636 e. The average molecular weight is 511 g/mol. The van der Waals surface area contributed by atoms with Gasteiger partial charge < -0.3 is 29.1 Å². The van der Waals surface area contributed by atoms with Gasteiger partial charge in [-0.05, 0) is 56.1 Å². The number of anilines is 2. The van der Waals surface area contributed by atoms with Crippen LogP contribution in [0.4, 0.5) is 11.4 Å². The van der Waals surface area contributed by atoms with Gasteiger partial charge >= 0.3 is 33.2 Å². The summed E-state index contributed by atoms with van der Waals surface area (Å²) in [5.41, 5.74) is 2.98. The van der Waals surface area contributed by atoms with E-state index >= 15 is 0 Å². The van der Waals surface area contributed by atoms with E-state index in [1.807, 2.05) is 70.2 Å². The zero-order chi connectivity index (χ0) is 26.7. The molecular formula is C26H28B3N3O6. The van der Waals surface area contributed by atoms with Gasteiger partial charge in [-0.15, -0.1) is 0 Å². The lowest BCUT2D eigenvalue weighted by Crippen LogP contribution is -2.54. The van der Waals surface area contributed by atoms with Crippen LogP contribution in [0.15, 0.2) is 54.6 Å². The first kappa shape index (κ1) is 24.8. The Hall–Kier alpha value is -3.47. The Morgan fingerprint density at radius 1 is 0.711 bits per heavy atom. The summed E-state index contributed by atoms with van der Waals surface area (Å²) in [5.74, 6) is -1.03. The summed E-state index contributed by atoms with van der Waals surface area (Å²) in [6, 6.07) is 18.0. The number of nitrogens with one attached hydrogen (secondary N) is 3. The molecule has 3 aromatic carbocycles. The first-order chi connectivity index (χ1) is 18.1. The summed E-state index contributed by atoms with van der Waals surface area (Å²) < 4.78 is 23.7. The van der Waals surface area contributed by atoms with Gasteiger partial charge in [0.05, 0.1) is 24.3 Å². The molecule has 9 nitrogen and oxygen atoms in total. The standard InChI is InChI=1S/C26H28B3N3O6/c1-25(2)26(3,4)38-29(37-25)19-12-17(11-18(13-19)28-35-22(33)14-30-15-23(34)36-28)27-31-20-9-5-7-16-8-6-10-21(32-27)24(16)20/h5-13,30-32H,14-15H2,1-4H3. The van der Waals surface area contributed by atoms with Crippen molar-refractivity contribution in [2.45, 2.75) is 38.9 Å². The van der Waals surface area contributed by atoms with E-state index in [0.717, 1.165) is 33.1 Å². The van der Waals surface area contributed by atoms with E-state index in [1.165, 1.54) is 0 Å². The molecule has 3 aromatic rings. The number of hydrogen-bond acceptors (Lipinski definition) is 9. The number of carbonyl (C=O) groups excluding carboxylic acids is 2. The van der Waals surface area contributed by atoms with Crippen molar-refractivity contribution in [2.24, 2.45) is 0 Å². The van der Waals surface area contributed by atoms with Crippen molar-refractivity contribution in [3.63, 3.8) is 0 Å². The summed E-state index contributed by atoms with van der Waals surface area (Å²) in [4.78, 5) is 24.6. The van der Waals surface area contributed by atoms with Crippen molar-refractivity contribution < 1.29 is 28.2 Å². The Kier molecular flexibility index (Phi) is 5.94. The van der Waals surface area contributed by atoms with Crippen LogP contribution in [0.2, 0.25) is 0 Å².